The number of H-pyrrole nitrogens is 1. The van der Waals surface area contributed by atoms with Crippen LogP contribution in [0.4, 0.5) is 0 Å². The molecule has 0 saturated carbocycles. The highest BCUT2D eigenvalue weighted by Gasteiger charge is 2.06. The third-order valence-corrected chi connectivity index (χ3v) is 2.93. The molecule has 78 valence electrons. The lowest BCUT2D eigenvalue weighted by atomic mass is 10.3. The fourth-order valence-electron chi connectivity index (χ4n) is 0.936. The number of carboxylic acids is 1. The standard InChI is InChI=1S/C9H14N2O2S/c1-6(2)4-14-5-8-10-3-7(11-8)9(12)13/h3,6H,4-5H2,1-2H3,(H,10,11)(H,12,13). The van der Waals surface area contributed by atoms with Gasteiger partial charge in [0.05, 0.1) is 11.9 Å². The topological polar surface area (TPSA) is 66.0 Å². The molecule has 1 aromatic heterocycles. The van der Waals surface area contributed by atoms with Crippen LogP contribution in [0.5, 0.6) is 0 Å². The van der Waals surface area contributed by atoms with Crippen molar-refractivity contribution in [3.05, 3.63) is 17.7 Å². The van der Waals surface area contributed by atoms with E-state index in [9.17, 15) is 4.79 Å². The first-order valence-electron chi connectivity index (χ1n) is 4.44. The van der Waals surface area contributed by atoms with Gasteiger partial charge in [0.2, 0.25) is 0 Å². The number of nitrogens with zero attached hydrogens (tertiary/aromatic N) is 1. The number of aromatic nitrogens is 2. The van der Waals surface area contributed by atoms with Gasteiger partial charge in [-0.1, -0.05) is 13.8 Å². The summed E-state index contributed by atoms with van der Waals surface area (Å²) in [5.41, 5.74) is 0.158. The van der Waals surface area contributed by atoms with E-state index < -0.39 is 5.97 Å². The van der Waals surface area contributed by atoms with Gasteiger partial charge in [-0.2, -0.15) is 11.8 Å². The second-order valence-corrected chi connectivity index (χ2v) is 4.49. The molecule has 0 aliphatic carbocycles. The van der Waals surface area contributed by atoms with Crippen molar-refractivity contribution in [1.82, 2.24) is 9.97 Å². The first kappa shape index (κ1) is 11.1. The lowest BCUT2D eigenvalue weighted by Gasteiger charge is -2.01. The van der Waals surface area contributed by atoms with Crippen molar-refractivity contribution in [2.45, 2.75) is 19.6 Å². The minimum absolute atomic E-state index is 0.158. The summed E-state index contributed by atoms with van der Waals surface area (Å²) >= 11 is 1.75. The number of aromatic amines is 1. The van der Waals surface area contributed by atoms with Gasteiger partial charge in [0, 0.05) is 0 Å². The molecule has 1 heterocycles. The Bertz CT molecular complexity index is 310. The second-order valence-electron chi connectivity index (χ2n) is 3.46. The number of carbonyl (C=O) groups is 1. The Labute approximate surface area is 87.1 Å². The minimum Gasteiger partial charge on any atom is -0.477 e. The largest absolute Gasteiger partial charge is 0.477 e. The summed E-state index contributed by atoms with van der Waals surface area (Å²) in [4.78, 5) is 17.3. The molecule has 0 aliphatic rings. The van der Waals surface area contributed by atoms with Crippen LogP contribution in [-0.4, -0.2) is 26.8 Å². The molecule has 0 aliphatic heterocycles. The molecule has 4 nitrogen and oxygen atoms in total. The minimum atomic E-state index is -0.961. The van der Waals surface area contributed by atoms with Crippen LogP contribution < -0.4 is 0 Å². The number of carboxylic acid groups (broad SMARTS) is 1. The fourth-order valence-corrected chi connectivity index (χ4v) is 1.87. The molecule has 0 radical (unpaired) electrons. The van der Waals surface area contributed by atoms with Gasteiger partial charge >= 0.3 is 5.97 Å². The second kappa shape index (κ2) is 5.05. The summed E-state index contributed by atoms with van der Waals surface area (Å²) in [6.07, 6.45) is 1.35. The van der Waals surface area contributed by atoms with Gasteiger partial charge in [0.1, 0.15) is 11.5 Å². The average Bonchev–Trinajstić information content (AvgIpc) is 2.52. The zero-order valence-electron chi connectivity index (χ0n) is 8.28. The van der Waals surface area contributed by atoms with Gasteiger partial charge in [-0.15, -0.1) is 0 Å². The summed E-state index contributed by atoms with van der Waals surface area (Å²) in [6, 6.07) is 0. The molecule has 1 aromatic rings. The number of aromatic carboxylic acids is 1. The van der Waals surface area contributed by atoms with Crippen LogP contribution in [0.3, 0.4) is 0 Å². The Balaban J connectivity index is 2.40. The summed E-state index contributed by atoms with van der Waals surface area (Å²) in [7, 11) is 0. The van der Waals surface area contributed by atoms with Gasteiger partial charge in [0.15, 0.2) is 0 Å². The van der Waals surface area contributed by atoms with Crippen LogP contribution in [-0.2, 0) is 5.75 Å². The van der Waals surface area contributed by atoms with E-state index in [1.54, 1.807) is 11.8 Å². The van der Waals surface area contributed by atoms with Gasteiger partial charge < -0.3 is 10.1 Å². The van der Waals surface area contributed by atoms with E-state index in [1.165, 1.54) is 6.20 Å². The molecule has 0 spiro atoms. The zero-order chi connectivity index (χ0) is 10.6. The molecule has 0 unspecified atom stereocenters. The third-order valence-electron chi connectivity index (χ3n) is 1.55. The molecule has 0 bridgehead atoms. The van der Waals surface area contributed by atoms with Gasteiger partial charge in [-0.05, 0) is 11.7 Å². The lowest BCUT2D eigenvalue weighted by molar-refractivity contribution is 0.0691. The Morgan fingerprint density at radius 2 is 2.43 bits per heavy atom. The van der Waals surface area contributed by atoms with Crippen molar-refractivity contribution < 1.29 is 9.90 Å². The summed E-state index contributed by atoms with van der Waals surface area (Å²) < 4.78 is 0. The maximum absolute atomic E-state index is 10.5. The van der Waals surface area contributed by atoms with Crippen LogP contribution in [0, 0.1) is 5.92 Å². The van der Waals surface area contributed by atoms with Crippen molar-refractivity contribution in [3.8, 4) is 0 Å². The van der Waals surface area contributed by atoms with E-state index in [4.69, 9.17) is 5.11 Å². The van der Waals surface area contributed by atoms with Crippen LogP contribution in [0.1, 0.15) is 30.2 Å². The molecule has 2 N–H and O–H groups in total. The maximum Gasteiger partial charge on any atom is 0.353 e. The maximum atomic E-state index is 10.5. The van der Waals surface area contributed by atoms with Crippen LogP contribution in [0.15, 0.2) is 6.20 Å². The first-order chi connectivity index (χ1) is 6.59. The highest BCUT2D eigenvalue weighted by atomic mass is 32.2. The Morgan fingerprint density at radius 1 is 1.71 bits per heavy atom. The number of imidazole rings is 1. The van der Waals surface area contributed by atoms with Crippen LogP contribution in [0.2, 0.25) is 0 Å². The number of nitrogens with one attached hydrogen (secondary N) is 1. The molecule has 0 fully saturated rings. The molecule has 1 rings (SSSR count). The van der Waals surface area contributed by atoms with Crippen molar-refractivity contribution in [2.24, 2.45) is 5.92 Å². The number of hydrogen-bond donors (Lipinski definition) is 2. The van der Waals surface area contributed by atoms with Crippen molar-refractivity contribution >= 4 is 17.7 Å². The summed E-state index contributed by atoms with van der Waals surface area (Å²) in [6.45, 7) is 4.30. The van der Waals surface area contributed by atoms with Gasteiger partial charge in [-0.25, -0.2) is 9.78 Å². The molecule has 0 atom stereocenters. The van der Waals surface area contributed by atoms with Gasteiger partial charge in [-0.3, -0.25) is 0 Å². The van der Waals surface area contributed by atoms with Crippen molar-refractivity contribution in [2.75, 3.05) is 5.75 Å². The SMILES string of the molecule is CC(C)CSCc1ncc(C(=O)O)[nH]1. The van der Waals surface area contributed by atoms with Crippen LogP contribution in [0.25, 0.3) is 0 Å². The Kier molecular flexibility index (Phi) is 4.00. The third kappa shape index (κ3) is 3.41. The molecule has 0 saturated heterocycles. The number of rotatable bonds is 5. The quantitative estimate of drug-likeness (QED) is 0.786. The number of thioether (sulfide) groups is 1. The molecule has 5 heteroatoms. The highest BCUT2D eigenvalue weighted by molar-refractivity contribution is 7.98. The molecular weight excluding hydrogens is 200 g/mol. The van der Waals surface area contributed by atoms with Crippen molar-refractivity contribution in [3.63, 3.8) is 0 Å². The normalized spacial score (nSPS) is 10.8. The molecule has 14 heavy (non-hydrogen) atoms. The molecule has 0 amide bonds. The van der Waals surface area contributed by atoms with E-state index in [0.717, 1.165) is 17.3 Å². The fraction of sp³-hybridized carbons (Fsp3) is 0.556. The monoisotopic (exact) mass is 214 g/mol. The van der Waals surface area contributed by atoms with E-state index in [-0.39, 0.29) is 5.69 Å². The zero-order valence-corrected chi connectivity index (χ0v) is 9.10. The van der Waals surface area contributed by atoms with Gasteiger partial charge in [0.25, 0.3) is 0 Å². The van der Waals surface area contributed by atoms with E-state index >= 15 is 0 Å². The predicted octanol–water partition coefficient (Wildman–Crippen LogP) is 2.00. The van der Waals surface area contributed by atoms with Crippen molar-refractivity contribution in [1.29, 1.82) is 0 Å². The molecular formula is C9H14N2O2S. The van der Waals surface area contributed by atoms with E-state index in [0.29, 0.717) is 5.92 Å². The summed E-state index contributed by atoms with van der Waals surface area (Å²) in [5, 5.41) is 8.63. The Hall–Kier alpha value is -0.970. The smallest absolute Gasteiger partial charge is 0.353 e. The average molecular weight is 214 g/mol. The molecule has 0 aromatic carbocycles. The van der Waals surface area contributed by atoms with E-state index in [1.807, 2.05) is 0 Å². The van der Waals surface area contributed by atoms with Crippen LogP contribution >= 0.6 is 11.8 Å². The van der Waals surface area contributed by atoms with E-state index in [2.05, 4.69) is 23.8 Å². The predicted molar refractivity (Wildman–Crippen MR) is 56.5 cm³/mol. The highest BCUT2D eigenvalue weighted by Crippen LogP contribution is 2.12. The first-order valence-corrected chi connectivity index (χ1v) is 5.60. The summed E-state index contributed by atoms with van der Waals surface area (Å²) in [5.74, 6) is 2.22. The number of hydrogen-bond acceptors (Lipinski definition) is 3. The Morgan fingerprint density at radius 3 is 2.93 bits per heavy atom. The lowest BCUT2D eigenvalue weighted by Crippen LogP contribution is -1.97.